The molecule has 0 aromatic carbocycles. The molecule has 0 aliphatic carbocycles. The first kappa shape index (κ1) is 2.05. The normalized spacial score (nSPS) is 39.5. The molecule has 1 aliphatic rings. The standard InChI is InChI=1S/C4H6N2O2/c7-3-1-2-5-4(8)6-3/h1-2H2,(H2,5,6,7,8)/i1D2,2D2,4+1,5+1,6+1. The van der Waals surface area contributed by atoms with Gasteiger partial charge in [-0.3, -0.25) is 10.1 Å². The van der Waals surface area contributed by atoms with E-state index in [0.717, 1.165) is 0 Å². The fourth-order valence-electron chi connectivity index (χ4n) is 0.310. The summed E-state index contributed by atoms with van der Waals surface area (Å²) in [6, 6.07) is -1.03. The number of amides is 3. The smallest absolute Gasteiger partial charge is 0.321 e. The van der Waals surface area contributed by atoms with Gasteiger partial charge < -0.3 is 5.32 Å². The van der Waals surface area contributed by atoms with Crippen LogP contribution >= 0.6 is 0 Å². The molecule has 0 aromatic heterocycles. The summed E-state index contributed by atoms with van der Waals surface area (Å²) in [6.45, 7) is -2.66. The predicted octanol–water partition coefficient (Wildman–Crippen LogP) is -0.784. The van der Waals surface area contributed by atoms with Crippen molar-refractivity contribution < 1.29 is 15.1 Å². The largest absolute Gasteiger partial charge is 0.337 e. The second-order valence-electron chi connectivity index (χ2n) is 1.16. The van der Waals surface area contributed by atoms with Crippen molar-refractivity contribution in [2.45, 2.75) is 6.37 Å². The van der Waals surface area contributed by atoms with E-state index in [0.29, 0.717) is 0 Å². The van der Waals surface area contributed by atoms with Crippen LogP contribution in [0.1, 0.15) is 11.9 Å². The van der Waals surface area contributed by atoms with Crippen molar-refractivity contribution >= 4 is 11.9 Å². The van der Waals surface area contributed by atoms with Gasteiger partial charge >= 0.3 is 6.03 Å². The molecule has 2 N–H and O–H groups in total. The summed E-state index contributed by atoms with van der Waals surface area (Å²) in [6.07, 6.45) is -2.74. The lowest BCUT2D eigenvalue weighted by atomic mass is 10.4. The lowest BCUT2D eigenvalue weighted by molar-refractivity contribution is -0.120. The van der Waals surface area contributed by atoms with E-state index < -0.39 is 24.8 Å². The maximum Gasteiger partial charge on any atom is 0.321 e. The molecule has 0 radical (unpaired) electrons. The topological polar surface area (TPSA) is 58.2 Å². The van der Waals surface area contributed by atoms with Crippen LogP contribution in [0.15, 0.2) is 0 Å². The summed E-state index contributed by atoms with van der Waals surface area (Å²) < 4.78 is 28.0. The minimum atomic E-state index is -2.74. The second-order valence-corrected chi connectivity index (χ2v) is 1.16. The summed E-state index contributed by atoms with van der Waals surface area (Å²) in [5.74, 6) is -1.27. The Morgan fingerprint density at radius 2 is 2.38 bits per heavy atom. The Balaban J connectivity index is 3.02. The van der Waals surface area contributed by atoms with E-state index in [9.17, 15) is 9.59 Å². The van der Waals surface area contributed by atoms with E-state index in [1.165, 1.54) is 0 Å². The van der Waals surface area contributed by atoms with Crippen LogP contribution in [0.25, 0.3) is 0 Å². The van der Waals surface area contributed by atoms with Crippen molar-refractivity contribution in [2.75, 3.05) is 6.50 Å². The maximum atomic E-state index is 10.8. The van der Waals surface area contributed by atoms with Gasteiger partial charge in [-0.2, -0.15) is 0 Å². The first-order chi connectivity index (χ1) is 5.27. The van der Waals surface area contributed by atoms with Crippen LogP contribution in [0.3, 0.4) is 0 Å². The zero-order valence-electron chi connectivity index (χ0n) is 7.82. The number of urea groups is 1. The predicted molar refractivity (Wildman–Crippen MR) is 26.2 cm³/mol. The number of hydrogen-bond donors (Lipinski definition) is 2. The van der Waals surface area contributed by atoms with E-state index in [4.69, 9.17) is 5.48 Å². The van der Waals surface area contributed by atoms with Crippen LogP contribution in [0.5, 0.6) is 0 Å². The van der Waals surface area contributed by atoms with Crippen LogP contribution in [0.2, 0.25) is 0 Å². The Morgan fingerprint density at radius 3 is 3.00 bits per heavy atom. The van der Waals surface area contributed by atoms with Gasteiger partial charge in [-0.25, -0.2) is 4.79 Å². The first-order valence-corrected chi connectivity index (χ1v) is 1.91. The summed E-state index contributed by atoms with van der Waals surface area (Å²) in [5.41, 5.74) is 0. The van der Waals surface area contributed by atoms with Gasteiger partial charge in [-0.05, 0) is 0 Å². The Hall–Kier alpha value is -1.06. The first-order valence-electron chi connectivity index (χ1n) is 3.91. The van der Waals surface area contributed by atoms with Gasteiger partial charge in [0.2, 0.25) is 5.91 Å². The minimum Gasteiger partial charge on any atom is -0.337 e. The number of carbonyl (C=O) groups is 2. The van der Waals surface area contributed by atoms with Crippen LogP contribution in [-0.4, -0.2) is 18.4 Å². The SMILES string of the molecule is [2H]C1([2H])[15NH][13C](=O)[15NH]C(=O)C1([2H])[2H]. The molecule has 0 aromatic rings. The molecule has 0 spiro atoms. The number of imide groups is 1. The van der Waals surface area contributed by atoms with Crippen molar-refractivity contribution in [1.82, 2.24) is 10.6 Å². The fourth-order valence-corrected chi connectivity index (χ4v) is 0.310. The van der Waals surface area contributed by atoms with Crippen molar-refractivity contribution in [3.05, 3.63) is 0 Å². The van der Waals surface area contributed by atoms with Gasteiger partial charge in [0.05, 0.1) is 0 Å². The summed E-state index contributed by atoms with van der Waals surface area (Å²) >= 11 is 0. The number of nitrogens with one attached hydrogen (secondary N) is 2. The van der Waals surface area contributed by atoms with Crippen LogP contribution in [0.4, 0.5) is 4.79 Å². The second kappa shape index (κ2) is 1.81. The highest BCUT2D eigenvalue weighted by Gasteiger charge is 2.11. The lowest BCUT2D eigenvalue weighted by Crippen LogP contribution is -2.46. The molecule has 44 valence electrons. The molecule has 0 bridgehead atoms. The third-order valence-corrected chi connectivity index (χ3v) is 0.579. The molecular formula is C4H6N2O2. The molecular weight excluding hydrogens is 111 g/mol. The Kier molecular flexibility index (Phi) is 0.464. The van der Waals surface area contributed by atoms with E-state index in [1.807, 2.05) is 0 Å². The summed E-state index contributed by atoms with van der Waals surface area (Å²) in [5, 5.41) is 3.28. The van der Waals surface area contributed by atoms with Gasteiger partial charge in [0.15, 0.2) is 0 Å². The van der Waals surface area contributed by atoms with Gasteiger partial charge in [0.25, 0.3) is 0 Å². The lowest BCUT2D eigenvalue weighted by Gasteiger charge is -2.10. The molecule has 0 atom stereocenters. The highest BCUT2D eigenvalue weighted by atomic mass is 16.4. The summed E-state index contributed by atoms with van der Waals surface area (Å²) in [7, 11) is 0. The zero-order chi connectivity index (χ0) is 9.57. The molecule has 8 heavy (non-hydrogen) atoms. The molecule has 1 rings (SSSR count). The van der Waals surface area contributed by atoms with Gasteiger partial charge in [0, 0.05) is 18.4 Å². The molecule has 0 unspecified atom stereocenters. The molecule has 1 heterocycles. The average molecular weight is 121 g/mol. The minimum absolute atomic E-state index is 1.03. The fraction of sp³-hybridized carbons (Fsp3) is 0.500. The number of rotatable bonds is 0. The third kappa shape index (κ3) is 0.959. The molecule has 1 fully saturated rings. The monoisotopic (exact) mass is 121 g/mol. The molecule has 4 nitrogen and oxygen atoms in total. The van der Waals surface area contributed by atoms with Crippen molar-refractivity contribution in [1.29, 1.82) is 0 Å². The molecule has 4 heteroatoms. The van der Waals surface area contributed by atoms with Crippen molar-refractivity contribution in [3.8, 4) is 0 Å². The van der Waals surface area contributed by atoms with Crippen LogP contribution < -0.4 is 10.6 Å². The molecule has 1 aliphatic heterocycles. The average Bonchev–Trinajstić information content (AvgIpc) is 1.82. The van der Waals surface area contributed by atoms with E-state index in [-0.39, 0.29) is 0 Å². The number of carbonyl (C=O) groups excluding carboxylic acids is 2. The third-order valence-electron chi connectivity index (χ3n) is 0.579. The van der Waals surface area contributed by atoms with Crippen molar-refractivity contribution in [3.63, 3.8) is 0 Å². The van der Waals surface area contributed by atoms with Gasteiger partial charge in [-0.15, -0.1) is 0 Å². The van der Waals surface area contributed by atoms with E-state index in [1.54, 1.807) is 10.6 Å². The summed E-state index contributed by atoms with van der Waals surface area (Å²) in [4.78, 5) is 21.3. The number of hydrogen-bond acceptors (Lipinski definition) is 2. The Morgan fingerprint density at radius 1 is 1.62 bits per heavy atom. The molecule has 1 saturated heterocycles. The Bertz CT molecular complexity index is 251. The zero-order valence-corrected chi connectivity index (χ0v) is 3.82. The molecule has 0 saturated carbocycles. The van der Waals surface area contributed by atoms with Crippen LogP contribution in [-0.2, 0) is 4.79 Å². The van der Waals surface area contributed by atoms with Crippen LogP contribution in [0, 0.1) is 0 Å². The van der Waals surface area contributed by atoms with Gasteiger partial charge in [-0.1, -0.05) is 0 Å². The Labute approximate surface area is 51.9 Å². The molecule has 3 amide bonds. The van der Waals surface area contributed by atoms with E-state index >= 15 is 0 Å². The van der Waals surface area contributed by atoms with E-state index in [2.05, 4.69) is 0 Å². The van der Waals surface area contributed by atoms with Gasteiger partial charge in [0.1, 0.15) is 0 Å². The highest BCUT2D eigenvalue weighted by molar-refractivity contribution is 5.96. The quantitative estimate of drug-likeness (QED) is 0.326. The maximum absolute atomic E-state index is 10.8. The highest BCUT2D eigenvalue weighted by Crippen LogP contribution is 1.82. The van der Waals surface area contributed by atoms with Crippen molar-refractivity contribution in [2.24, 2.45) is 0 Å².